The van der Waals surface area contributed by atoms with Crippen LogP contribution in [-0.4, -0.2) is 13.3 Å². The SMILES string of the molecule is Cc1c(C#N)c(N)n(-c2c(Cl)ccc3nsnc23)c1C. The van der Waals surface area contributed by atoms with Crippen LogP contribution in [0.1, 0.15) is 16.8 Å². The van der Waals surface area contributed by atoms with Gasteiger partial charge in [0.2, 0.25) is 0 Å². The van der Waals surface area contributed by atoms with Crippen LogP contribution < -0.4 is 5.73 Å². The topological polar surface area (TPSA) is 80.5 Å². The molecule has 0 atom stereocenters. The second kappa shape index (κ2) is 4.47. The first-order chi connectivity index (χ1) is 9.56. The molecule has 0 fully saturated rings. The predicted octanol–water partition coefficient (Wildman–Crippen LogP) is 3.21. The van der Waals surface area contributed by atoms with E-state index in [1.54, 1.807) is 10.6 Å². The van der Waals surface area contributed by atoms with Crippen molar-refractivity contribution in [2.75, 3.05) is 5.73 Å². The Hall–Kier alpha value is -2.10. The maximum absolute atomic E-state index is 9.22. The second-order valence-corrected chi connectivity index (χ2v) is 5.38. The molecular formula is C13H10ClN5S. The van der Waals surface area contributed by atoms with E-state index in [1.807, 2.05) is 19.9 Å². The molecule has 5 nitrogen and oxygen atoms in total. The lowest BCUT2D eigenvalue weighted by Crippen LogP contribution is -2.04. The maximum atomic E-state index is 9.22. The molecule has 0 aliphatic carbocycles. The van der Waals surface area contributed by atoms with Crippen LogP contribution >= 0.6 is 23.3 Å². The first-order valence-corrected chi connectivity index (χ1v) is 6.95. The molecule has 1 aromatic carbocycles. The minimum Gasteiger partial charge on any atom is -0.384 e. The molecule has 7 heteroatoms. The average Bonchev–Trinajstić information content (AvgIpc) is 2.97. The Morgan fingerprint density at radius 1 is 1.35 bits per heavy atom. The third-order valence-corrected chi connectivity index (χ3v) is 4.29. The molecule has 0 saturated heterocycles. The number of rotatable bonds is 1. The molecule has 0 amide bonds. The van der Waals surface area contributed by atoms with Crippen molar-refractivity contribution in [2.24, 2.45) is 0 Å². The zero-order valence-corrected chi connectivity index (χ0v) is 12.4. The van der Waals surface area contributed by atoms with Gasteiger partial charge in [-0.05, 0) is 31.5 Å². The smallest absolute Gasteiger partial charge is 0.130 e. The highest BCUT2D eigenvalue weighted by Gasteiger charge is 2.21. The summed E-state index contributed by atoms with van der Waals surface area (Å²) in [6.07, 6.45) is 0. The summed E-state index contributed by atoms with van der Waals surface area (Å²) in [7, 11) is 0. The molecule has 0 aliphatic rings. The Bertz CT molecular complexity index is 871. The van der Waals surface area contributed by atoms with Crippen molar-refractivity contribution >= 4 is 40.2 Å². The quantitative estimate of drug-likeness (QED) is 0.748. The fourth-order valence-electron chi connectivity index (χ4n) is 2.29. The predicted molar refractivity (Wildman–Crippen MR) is 80.4 cm³/mol. The highest BCUT2D eigenvalue weighted by atomic mass is 35.5. The van der Waals surface area contributed by atoms with Gasteiger partial charge in [-0.3, -0.25) is 4.57 Å². The van der Waals surface area contributed by atoms with Gasteiger partial charge in [-0.1, -0.05) is 11.6 Å². The van der Waals surface area contributed by atoms with Gasteiger partial charge in [0.05, 0.1) is 28.0 Å². The van der Waals surface area contributed by atoms with E-state index in [4.69, 9.17) is 17.3 Å². The molecule has 0 spiro atoms. The highest BCUT2D eigenvalue weighted by Crippen LogP contribution is 2.35. The molecule has 0 unspecified atom stereocenters. The minimum absolute atomic E-state index is 0.380. The number of hydrogen-bond acceptors (Lipinski definition) is 5. The minimum atomic E-state index is 0.380. The van der Waals surface area contributed by atoms with Crippen molar-refractivity contribution in [1.82, 2.24) is 13.3 Å². The van der Waals surface area contributed by atoms with Gasteiger partial charge in [0.15, 0.2) is 0 Å². The van der Waals surface area contributed by atoms with Gasteiger partial charge in [-0.2, -0.15) is 14.0 Å². The Balaban J connectivity index is 2.46. The Labute approximate surface area is 124 Å². The molecule has 100 valence electrons. The van der Waals surface area contributed by atoms with E-state index < -0.39 is 0 Å². The van der Waals surface area contributed by atoms with E-state index in [0.717, 1.165) is 28.5 Å². The number of aromatic nitrogens is 3. The zero-order chi connectivity index (χ0) is 14.4. The zero-order valence-electron chi connectivity index (χ0n) is 10.8. The van der Waals surface area contributed by atoms with E-state index in [9.17, 15) is 5.26 Å². The summed E-state index contributed by atoms with van der Waals surface area (Å²) in [5, 5.41) is 9.75. The van der Waals surface area contributed by atoms with E-state index >= 15 is 0 Å². The normalized spacial score (nSPS) is 10.9. The van der Waals surface area contributed by atoms with Gasteiger partial charge in [0, 0.05) is 5.69 Å². The van der Waals surface area contributed by atoms with Crippen molar-refractivity contribution in [1.29, 1.82) is 5.26 Å². The number of nitrogens with zero attached hydrogens (tertiary/aromatic N) is 4. The third-order valence-electron chi connectivity index (χ3n) is 3.44. The van der Waals surface area contributed by atoms with Crippen LogP contribution in [0.4, 0.5) is 5.82 Å². The van der Waals surface area contributed by atoms with Gasteiger partial charge < -0.3 is 5.73 Å². The molecule has 2 aromatic heterocycles. The van der Waals surface area contributed by atoms with Crippen LogP contribution in [0.25, 0.3) is 16.7 Å². The van der Waals surface area contributed by atoms with Gasteiger partial charge in [0.1, 0.15) is 22.9 Å². The van der Waals surface area contributed by atoms with E-state index in [-0.39, 0.29) is 0 Å². The monoisotopic (exact) mass is 303 g/mol. The van der Waals surface area contributed by atoms with Crippen LogP contribution in [0.15, 0.2) is 12.1 Å². The van der Waals surface area contributed by atoms with Gasteiger partial charge in [0.25, 0.3) is 0 Å². The summed E-state index contributed by atoms with van der Waals surface area (Å²) in [5.74, 6) is 0.380. The average molecular weight is 304 g/mol. The highest BCUT2D eigenvalue weighted by molar-refractivity contribution is 7.00. The van der Waals surface area contributed by atoms with E-state index in [1.165, 1.54) is 0 Å². The van der Waals surface area contributed by atoms with Crippen molar-refractivity contribution in [2.45, 2.75) is 13.8 Å². The van der Waals surface area contributed by atoms with E-state index in [2.05, 4.69) is 14.8 Å². The van der Waals surface area contributed by atoms with Crippen LogP contribution in [0, 0.1) is 25.2 Å². The standard InChI is InChI=1S/C13H10ClN5S/c1-6-7(2)19(13(16)8(6)5-15)12-9(14)3-4-10-11(12)18-20-17-10/h3-4H,16H2,1-2H3. The summed E-state index contributed by atoms with van der Waals surface area (Å²) in [6.45, 7) is 3.77. The van der Waals surface area contributed by atoms with Gasteiger partial charge >= 0.3 is 0 Å². The fraction of sp³-hybridized carbons (Fsp3) is 0.154. The van der Waals surface area contributed by atoms with Crippen LogP contribution in [0.2, 0.25) is 5.02 Å². The number of nitrogens with two attached hydrogens (primary N) is 1. The number of benzene rings is 1. The first kappa shape index (κ1) is 12.9. The summed E-state index contributed by atoms with van der Waals surface area (Å²) < 4.78 is 10.3. The van der Waals surface area contributed by atoms with E-state index in [0.29, 0.717) is 27.6 Å². The number of hydrogen-bond donors (Lipinski definition) is 1. The molecule has 20 heavy (non-hydrogen) atoms. The number of anilines is 1. The lowest BCUT2D eigenvalue weighted by molar-refractivity contribution is 1.02. The Morgan fingerprint density at radius 3 is 2.75 bits per heavy atom. The summed E-state index contributed by atoms with van der Waals surface area (Å²) >= 11 is 7.44. The molecule has 2 heterocycles. The molecule has 3 rings (SSSR count). The lowest BCUT2D eigenvalue weighted by Gasteiger charge is -2.11. The molecule has 3 aromatic rings. The van der Waals surface area contributed by atoms with Gasteiger partial charge in [-0.15, -0.1) is 0 Å². The van der Waals surface area contributed by atoms with Crippen LogP contribution in [0.3, 0.4) is 0 Å². The van der Waals surface area contributed by atoms with Crippen molar-refractivity contribution in [3.63, 3.8) is 0 Å². The summed E-state index contributed by atoms with van der Waals surface area (Å²) in [5.41, 5.74) is 10.4. The lowest BCUT2D eigenvalue weighted by atomic mass is 10.2. The number of nitrogen functional groups attached to an aromatic ring is 1. The summed E-state index contributed by atoms with van der Waals surface area (Å²) in [6, 6.07) is 5.72. The van der Waals surface area contributed by atoms with Crippen LogP contribution in [0.5, 0.6) is 0 Å². The first-order valence-electron chi connectivity index (χ1n) is 5.85. The van der Waals surface area contributed by atoms with Crippen LogP contribution in [-0.2, 0) is 0 Å². The van der Waals surface area contributed by atoms with Gasteiger partial charge in [-0.25, -0.2) is 0 Å². The molecule has 0 radical (unpaired) electrons. The largest absolute Gasteiger partial charge is 0.384 e. The summed E-state index contributed by atoms with van der Waals surface area (Å²) in [4.78, 5) is 0. The number of halogens is 1. The number of nitriles is 1. The molecular weight excluding hydrogens is 294 g/mol. The molecule has 0 saturated carbocycles. The van der Waals surface area contributed by atoms with Crippen molar-refractivity contribution in [3.05, 3.63) is 34.0 Å². The molecule has 2 N–H and O–H groups in total. The fourth-order valence-corrected chi connectivity index (χ4v) is 3.06. The number of fused-ring (bicyclic) bond motifs is 1. The van der Waals surface area contributed by atoms with Crippen molar-refractivity contribution in [3.8, 4) is 11.8 Å². The Morgan fingerprint density at radius 2 is 2.10 bits per heavy atom. The second-order valence-electron chi connectivity index (χ2n) is 4.45. The maximum Gasteiger partial charge on any atom is 0.130 e. The Kier molecular flexibility index (Phi) is 2.89. The molecule has 0 aliphatic heterocycles. The van der Waals surface area contributed by atoms with Crippen molar-refractivity contribution < 1.29 is 0 Å². The third kappa shape index (κ3) is 1.60. The molecule has 0 bridgehead atoms.